The molecular formula is C13H18F3N3OS. The van der Waals surface area contributed by atoms with Crippen molar-refractivity contribution in [3.05, 3.63) is 29.3 Å². The van der Waals surface area contributed by atoms with E-state index in [0.717, 1.165) is 17.9 Å². The highest BCUT2D eigenvalue weighted by molar-refractivity contribution is 7.98. The zero-order valence-corrected chi connectivity index (χ0v) is 12.8. The number of benzene rings is 1. The first kappa shape index (κ1) is 17.5. The van der Waals surface area contributed by atoms with Crippen molar-refractivity contribution in [1.82, 2.24) is 0 Å². The summed E-state index contributed by atoms with van der Waals surface area (Å²) in [6.07, 6.45) is -2.53. The van der Waals surface area contributed by atoms with Crippen molar-refractivity contribution in [2.75, 3.05) is 24.0 Å². The van der Waals surface area contributed by atoms with E-state index >= 15 is 0 Å². The van der Waals surface area contributed by atoms with E-state index in [1.54, 1.807) is 18.8 Å². The van der Waals surface area contributed by atoms with E-state index in [9.17, 15) is 13.2 Å². The van der Waals surface area contributed by atoms with E-state index in [4.69, 9.17) is 10.9 Å². The predicted octanol–water partition coefficient (Wildman–Crippen LogP) is 2.99. The van der Waals surface area contributed by atoms with Gasteiger partial charge in [0.15, 0.2) is 5.84 Å². The maximum Gasteiger partial charge on any atom is 0.416 e. The lowest BCUT2D eigenvalue weighted by molar-refractivity contribution is -0.137. The highest BCUT2D eigenvalue weighted by atomic mass is 32.2. The quantitative estimate of drug-likeness (QED) is 0.379. The maximum atomic E-state index is 12.8. The van der Waals surface area contributed by atoms with Gasteiger partial charge < -0.3 is 15.8 Å². The first-order chi connectivity index (χ1) is 9.72. The van der Waals surface area contributed by atoms with E-state index in [1.807, 2.05) is 18.1 Å². The molecule has 0 bridgehead atoms. The summed E-state index contributed by atoms with van der Waals surface area (Å²) in [7, 11) is 1.76. The summed E-state index contributed by atoms with van der Waals surface area (Å²) in [5, 5.41) is 11.6. The molecule has 0 aromatic heterocycles. The molecule has 1 atom stereocenters. The monoisotopic (exact) mass is 321 g/mol. The number of halogens is 3. The zero-order valence-electron chi connectivity index (χ0n) is 12.0. The van der Waals surface area contributed by atoms with Crippen LogP contribution in [0.1, 0.15) is 18.1 Å². The molecule has 1 aromatic rings. The Morgan fingerprint density at radius 3 is 2.57 bits per heavy atom. The Bertz CT molecular complexity index is 520. The van der Waals surface area contributed by atoms with Crippen LogP contribution in [0.5, 0.6) is 0 Å². The van der Waals surface area contributed by atoms with Crippen LogP contribution in [-0.2, 0) is 6.18 Å². The predicted molar refractivity (Wildman–Crippen MR) is 80.2 cm³/mol. The fourth-order valence-electron chi connectivity index (χ4n) is 1.87. The number of anilines is 1. The summed E-state index contributed by atoms with van der Waals surface area (Å²) in [4.78, 5) is 1.81. The van der Waals surface area contributed by atoms with Crippen molar-refractivity contribution in [3.8, 4) is 0 Å². The van der Waals surface area contributed by atoms with Crippen LogP contribution >= 0.6 is 11.8 Å². The molecule has 0 amide bonds. The Hall–Kier alpha value is -1.57. The minimum Gasteiger partial charge on any atom is -0.409 e. The number of rotatable bonds is 5. The van der Waals surface area contributed by atoms with Crippen molar-refractivity contribution >= 4 is 23.3 Å². The minimum atomic E-state index is -4.48. The molecule has 1 rings (SSSR count). The molecule has 0 aliphatic rings. The van der Waals surface area contributed by atoms with Gasteiger partial charge in [-0.05, 0) is 31.4 Å². The van der Waals surface area contributed by atoms with Crippen molar-refractivity contribution < 1.29 is 18.4 Å². The Morgan fingerprint density at radius 1 is 1.48 bits per heavy atom. The molecule has 0 saturated heterocycles. The number of thioether (sulfide) groups is 1. The second-order valence-corrected chi connectivity index (χ2v) is 5.54. The first-order valence-electron chi connectivity index (χ1n) is 6.13. The lowest BCUT2D eigenvalue weighted by Gasteiger charge is -2.28. The maximum absolute atomic E-state index is 12.8. The molecule has 8 heteroatoms. The zero-order chi connectivity index (χ0) is 16.2. The molecule has 1 aromatic carbocycles. The van der Waals surface area contributed by atoms with Crippen LogP contribution in [-0.4, -0.2) is 36.1 Å². The SMILES string of the molecule is CSCC(C)N(C)c1ccc(C(F)(F)F)cc1/C(N)=N/O. The number of hydrogen-bond acceptors (Lipinski definition) is 4. The van der Waals surface area contributed by atoms with Gasteiger partial charge in [-0.2, -0.15) is 24.9 Å². The average molecular weight is 321 g/mol. The van der Waals surface area contributed by atoms with Crippen LogP contribution in [0.25, 0.3) is 0 Å². The van der Waals surface area contributed by atoms with Gasteiger partial charge in [0.1, 0.15) is 0 Å². The number of oxime groups is 1. The second kappa shape index (κ2) is 6.93. The van der Waals surface area contributed by atoms with Gasteiger partial charge in [0, 0.05) is 30.1 Å². The number of nitrogens with two attached hydrogens (primary N) is 1. The van der Waals surface area contributed by atoms with Crippen LogP contribution in [0.15, 0.2) is 23.4 Å². The van der Waals surface area contributed by atoms with Gasteiger partial charge in [0.05, 0.1) is 5.56 Å². The largest absolute Gasteiger partial charge is 0.416 e. The summed E-state index contributed by atoms with van der Waals surface area (Å²) >= 11 is 1.63. The molecule has 0 spiro atoms. The summed E-state index contributed by atoms with van der Waals surface area (Å²) < 4.78 is 38.4. The van der Waals surface area contributed by atoms with Crippen molar-refractivity contribution in [2.45, 2.75) is 19.1 Å². The lowest BCUT2D eigenvalue weighted by Crippen LogP contribution is -2.33. The minimum absolute atomic E-state index is 0.0581. The number of amidine groups is 1. The molecule has 0 aliphatic heterocycles. The molecule has 0 fully saturated rings. The number of alkyl halides is 3. The van der Waals surface area contributed by atoms with E-state index in [2.05, 4.69) is 5.16 Å². The molecule has 0 heterocycles. The van der Waals surface area contributed by atoms with Gasteiger partial charge in [0.2, 0.25) is 0 Å². The summed E-state index contributed by atoms with van der Waals surface area (Å²) in [6, 6.07) is 3.31. The normalized spacial score (nSPS) is 14.1. The molecule has 4 nitrogen and oxygen atoms in total. The summed E-state index contributed by atoms with van der Waals surface area (Å²) in [5.41, 5.74) is 5.23. The molecule has 0 aliphatic carbocycles. The molecule has 3 N–H and O–H groups in total. The Balaban J connectivity index is 3.32. The van der Waals surface area contributed by atoms with Gasteiger partial charge in [-0.25, -0.2) is 0 Å². The van der Waals surface area contributed by atoms with E-state index in [0.29, 0.717) is 5.69 Å². The van der Waals surface area contributed by atoms with Gasteiger partial charge in [-0.1, -0.05) is 5.16 Å². The topological polar surface area (TPSA) is 61.8 Å². The van der Waals surface area contributed by atoms with E-state index < -0.39 is 11.7 Å². The standard InChI is InChI=1S/C13H18F3N3OS/c1-8(7-21-3)19(2)11-5-4-9(13(14,15)16)6-10(11)12(17)18-20/h4-6,8,20H,7H2,1-3H3,(H2,17,18). The third-order valence-electron chi connectivity index (χ3n) is 3.16. The van der Waals surface area contributed by atoms with Crippen LogP contribution in [0.2, 0.25) is 0 Å². The van der Waals surface area contributed by atoms with Gasteiger partial charge in [-0.15, -0.1) is 0 Å². The van der Waals surface area contributed by atoms with E-state index in [1.165, 1.54) is 6.07 Å². The van der Waals surface area contributed by atoms with Crippen LogP contribution < -0.4 is 10.6 Å². The molecule has 1 unspecified atom stereocenters. The third-order valence-corrected chi connectivity index (χ3v) is 3.97. The van der Waals surface area contributed by atoms with Crippen molar-refractivity contribution in [2.24, 2.45) is 10.9 Å². The number of hydrogen-bond donors (Lipinski definition) is 2. The van der Waals surface area contributed by atoms with Crippen molar-refractivity contribution in [3.63, 3.8) is 0 Å². The van der Waals surface area contributed by atoms with Crippen LogP contribution in [0, 0.1) is 0 Å². The fourth-order valence-corrected chi connectivity index (χ4v) is 2.58. The molecule has 0 saturated carbocycles. The summed E-state index contributed by atoms with van der Waals surface area (Å²) in [5.74, 6) is 0.451. The van der Waals surface area contributed by atoms with Gasteiger partial charge in [-0.3, -0.25) is 0 Å². The van der Waals surface area contributed by atoms with Gasteiger partial charge in [0.25, 0.3) is 0 Å². The van der Waals surface area contributed by atoms with Gasteiger partial charge >= 0.3 is 6.18 Å². The Morgan fingerprint density at radius 2 is 2.10 bits per heavy atom. The third kappa shape index (κ3) is 4.20. The Kier molecular flexibility index (Phi) is 5.77. The summed E-state index contributed by atoms with van der Waals surface area (Å²) in [6.45, 7) is 1.95. The highest BCUT2D eigenvalue weighted by Gasteiger charge is 2.32. The molecular weight excluding hydrogens is 303 g/mol. The molecule has 0 radical (unpaired) electrons. The smallest absolute Gasteiger partial charge is 0.409 e. The lowest BCUT2D eigenvalue weighted by atomic mass is 10.1. The first-order valence-corrected chi connectivity index (χ1v) is 7.52. The Labute approximate surface area is 125 Å². The molecule has 118 valence electrons. The fraction of sp³-hybridized carbons (Fsp3) is 0.462. The number of nitrogens with zero attached hydrogens (tertiary/aromatic N) is 2. The second-order valence-electron chi connectivity index (χ2n) is 4.63. The van der Waals surface area contributed by atoms with Crippen molar-refractivity contribution in [1.29, 1.82) is 0 Å². The average Bonchev–Trinajstić information content (AvgIpc) is 2.44. The highest BCUT2D eigenvalue weighted by Crippen LogP contribution is 2.33. The van der Waals surface area contributed by atoms with E-state index in [-0.39, 0.29) is 17.4 Å². The van der Waals surface area contributed by atoms with Crippen LogP contribution in [0.4, 0.5) is 18.9 Å². The van der Waals surface area contributed by atoms with Crippen LogP contribution in [0.3, 0.4) is 0 Å². The molecule has 21 heavy (non-hydrogen) atoms.